The van der Waals surface area contributed by atoms with Crippen molar-refractivity contribution < 1.29 is 0 Å². The molecule has 0 aliphatic heterocycles. The fraction of sp³-hybridized carbons (Fsp3) is 0.273. The summed E-state index contributed by atoms with van der Waals surface area (Å²) in [5.74, 6) is 0. The third-order valence-electron chi connectivity index (χ3n) is 1.74. The van der Waals surface area contributed by atoms with Crippen molar-refractivity contribution in [3.05, 3.63) is 47.0 Å². The molecule has 2 heteroatoms. The van der Waals surface area contributed by atoms with Crippen LogP contribution in [-0.4, -0.2) is 5.33 Å². The van der Waals surface area contributed by atoms with Gasteiger partial charge in [0, 0.05) is 10.4 Å². The Morgan fingerprint density at radius 2 is 2.00 bits per heavy atom. The summed E-state index contributed by atoms with van der Waals surface area (Å²) in [6, 6.07) is 7.95. The SMILES string of the molecule is Clc1ccccc1CC=CCCBr. The molecule has 0 amide bonds. The fourth-order valence-electron chi connectivity index (χ4n) is 1.06. The first-order valence-electron chi connectivity index (χ1n) is 4.29. The van der Waals surface area contributed by atoms with E-state index in [2.05, 4.69) is 34.1 Å². The van der Waals surface area contributed by atoms with Crippen LogP contribution in [-0.2, 0) is 6.42 Å². The molecule has 0 N–H and O–H groups in total. The van der Waals surface area contributed by atoms with E-state index in [0.29, 0.717) is 0 Å². The summed E-state index contributed by atoms with van der Waals surface area (Å²) in [4.78, 5) is 0. The minimum absolute atomic E-state index is 0.853. The standard InChI is InChI=1S/C11H12BrCl/c12-9-5-1-2-6-10-7-3-4-8-11(10)13/h1-4,7-8H,5-6,9H2. The van der Waals surface area contributed by atoms with Crippen LogP contribution in [0.2, 0.25) is 5.02 Å². The molecule has 0 unspecified atom stereocenters. The van der Waals surface area contributed by atoms with Crippen molar-refractivity contribution in [3.8, 4) is 0 Å². The predicted molar refractivity (Wildman–Crippen MR) is 62.7 cm³/mol. The van der Waals surface area contributed by atoms with Gasteiger partial charge in [-0.05, 0) is 24.5 Å². The van der Waals surface area contributed by atoms with E-state index in [9.17, 15) is 0 Å². The topological polar surface area (TPSA) is 0 Å². The first-order valence-corrected chi connectivity index (χ1v) is 5.79. The van der Waals surface area contributed by atoms with E-state index in [0.717, 1.165) is 23.2 Å². The Balaban J connectivity index is 2.49. The van der Waals surface area contributed by atoms with E-state index in [4.69, 9.17) is 11.6 Å². The van der Waals surface area contributed by atoms with Crippen molar-refractivity contribution in [1.82, 2.24) is 0 Å². The van der Waals surface area contributed by atoms with Gasteiger partial charge in [-0.2, -0.15) is 0 Å². The summed E-state index contributed by atoms with van der Waals surface area (Å²) in [7, 11) is 0. The zero-order chi connectivity index (χ0) is 9.52. The van der Waals surface area contributed by atoms with Gasteiger partial charge in [-0.3, -0.25) is 0 Å². The Bertz CT molecular complexity index is 281. The number of alkyl halides is 1. The molecule has 0 spiro atoms. The Morgan fingerprint density at radius 1 is 1.23 bits per heavy atom. The van der Waals surface area contributed by atoms with Crippen molar-refractivity contribution in [3.63, 3.8) is 0 Å². The van der Waals surface area contributed by atoms with Gasteiger partial charge in [-0.1, -0.05) is 57.9 Å². The van der Waals surface area contributed by atoms with Gasteiger partial charge in [-0.15, -0.1) is 0 Å². The van der Waals surface area contributed by atoms with Crippen molar-refractivity contribution in [2.24, 2.45) is 0 Å². The lowest BCUT2D eigenvalue weighted by molar-refractivity contribution is 1.20. The van der Waals surface area contributed by atoms with Gasteiger partial charge >= 0.3 is 0 Å². The summed E-state index contributed by atoms with van der Waals surface area (Å²) in [5, 5.41) is 1.87. The molecule has 1 rings (SSSR count). The lowest BCUT2D eigenvalue weighted by Crippen LogP contribution is -1.81. The van der Waals surface area contributed by atoms with Gasteiger partial charge in [0.2, 0.25) is 0 Å². The van der Waals surface area contributed by atoms with Crippen LogP contribution in [0.25, 0.3) is 0 Å². The minimum atomic E-state index is 0.853. The Kier molecular flexibility index (Phi) is 5.18. The summed E-state index contributed by atoms with van der Waals surface area (Å²) < 4.78 is 0. The van der Waals surface area contributed by atoms with Crippen molar-refractivity contribution in [2.75, 3.05) is 5.33 Å². The van der Waals surface area contributed by atoms with Gasteiger partial charge in [0.05, 0.1) is 0 Å². The fourth-order valence-corrected chi connectivity index (χ4v) is 1.53. The molecule has 0 heterocycles. The molecule has 0 fully saturated rings. The van der Waals surface area contributed by atoms with Crippen LogP contribution in [0.15, 0.2) is 36.4 Å². The van der Waals surface area contributed by atoms with Crippen LogP contribution >= 0.6 is 27.5 Å². The molecule has 1 aromatic carbocycles. The molecule has 0 bridgehead atoms. The van der Waals surface area contributed by atoms with Crippen LogP contribution in [0.4, 0.5) is 0 Å². The zero-order valence-corrected chi connectivity index (χ0v) is 9.68. The monoisotopic (exact) mass is 258 g/mol. The number of hydrogen-bond donors (Lipinski definition) is 0. The van der Waals surface area contributed by atoms with Gasteiger partial charge in [0.1, 0.15) is 0 Å². The third-order valence-corrected chi connectivity index (χ3v) is 2.56. The van der Waals surface area contributed by atoms with Crippen LogP contribution in [0.3, 0.4) is 0 Å². The predicted octanol–water partition coefficient (Wildman–Crippen LogP) is 4.22. The molecule has 0 nitrogen and oxygen atoms in total. The van der Waals surface area contributed by atoms with Gasteiger partial charge < -0.3 is 0 Å². The molecule has 1 aromatic rings. The average Bonchev–Trinajstić information content (AvgIpc) is 2.15. The lowest BCUT2D eigenvalue weighted by atomic mass is 10.1. The minimum Gasteiger partial charge on any atom is -0.0925 e. The number of hydrogen-bond acceptors (Lipinski definition) is 0. The van der Waals surface area contributed by atoms with Crippen molar-refractivity contribution in [1.29, 1.82) is 0 Å². The summed E-state index contributed by atoms with van der Waals surface area (Å²) >= 11 is 9.37. The van der Waals surface area contributed by atoms with E-state index in [1.165, 1.54) is 5.56 Å². The second-order valence-corrected chi connectivity index (χ2v) is 3.94. The normalized spacial score (nSPS) is 10.9. The molecule has 0 aliphatic carbocycles. The maximum atomic E-state index is 5.99. The number of rotatable bonds is 4. The molecular weight excluding hydrogens is 247 g/mol. The molecule has 0 atom stereocenters. The highest BCUT2D eigenvalue weighted by molar-refractivity contribution is 9.09. The highest BCUT2D eigenvalue weighted by Crippen LogP contribution is 2.15. The van der Waals surface area contributed by atoms with Gasteiger partial charge in [0.25, 0.3) is 0 Å². The van der Waals surface area contributed by atoms with E-state index in [1.807, 2.05) is 18.2 Å². The lowest BCUT2D eigenvalue weighted by Gasteiger charge is -1.98. The molecular formula is C11H12BrCl. The highest BCUT2D eigenvalue weighted by atomic mass is 79.9. The summed E-state index contributed by atoms with van der Waals surface area (Å²) in [6.45, 7) is 0. The van der Waals surface area contributed by atoms with Gasteiger partial charge in [-0.25, -0.2) is 0 Å². The van der Waals surface area contributed by atoms with Crippen LogP contribution in [0.5, 0.6) is 0 Å². The first kappa shape index (κ1) is 10.8. The number of halogens is 2. The molecule has 70 valence electrons. The molecule has 13 heavy (non-hydrogen) atoms. The molecule has 0 saturated heterocycles. The van der Waals surface area contributed by atoms with Crippen LogP contribution in [0.1, 0.15) is 12.0 Å². The number of allylic oxidation sites excluding steroid dienone is 2. The van der Waals surface area contributed by atoms with Crippen molar-refractivity contribution in [2.45, 2.75) is 12.8 Å². The smallest absolute Gasteiger partial charge is 0.0441 e. The molecule has 0 aromatic heterocycles. The largest absolute Gasteiger partial charge is 0.0925 e. The Morgan fingerprint density at radius 3 is 2.69 bits per heavy atom. The van der Waals surface area contributed by atoms with Crippen LogP contribution < -0.4 is 0 Å². The van der Waals surface area contributed by atoms with Crippen LogP contribution in [0, 0.1) is 0 Å². The third kappa shape index (κ3) is 3.97. The van der Waals surface area contributed by atoms with E-state index < -0.39 is 0 Å². The highest BCUT2D eigenvalue weighted by Gasteiger charge is 1.94. The average molecular weight is 260 g/mol. The van der Waals surface area contributed by atoms with E-state index >= 15 is 0 Å². The maximum absolute atomic E-state index is 5.99. The summed E-state index contributed by atoms with van der Waals surface area (Å²) in [5.41, 5.74) is 1.19. The van der Waals surface area contributed by atoms with Crippen molar-refractivity contribution >= 4 is 27.5 Å². The van der Waals surface area contributed by atoms with E-state index in [-0.39, 0.29) is 0 Å². The van der Waals surface area contributed by atoms with Gasteiger partial charge in [0.15, 0.2) is 0 Å². The Labute approximate surface area is 92.7 Å². The summed E-state index contributed by atoms with van der Waals surface area (Å²) in [6.07, 6.45) is 6.32. The molecule has 0 radical (unpaired) electrons. The first-order chi connectivity index (χ1) is 6.34. The molecule has 0 saturated carbocycles. The second-order valence-electron chi connectivity index (χ2n) is 2.74. The zero-order valence-electron chi connectivity index (χ0n) is 7.34. The second kappa shape index (κ2) is 6.22. The quantitative estimate of drug-likeness (QED) is 0.561. The van der Waals surface area contributed by atoms with E-state index in [1.54, 1.807) is 0 Å². The number of benzene rings is 1. The molecule has 0 aliphatic rings. The Hall–Kier alpha value is -0.270. The maximum Gasteiger partial charge on any atom is 0.0441 e.